The molecule has 1 aromatic heterocycles. The van der Waals surface area contributed by atoms with E-state index in [1.807, 2.05) is 0 Å². The minimum Gasteiger partial charge on any atom is -0.497 e. The molecule has 1 atom stereocenters. The Hall–Kier alpha value is -2.42. The van der Waals surface area contributed by atoms with Crippen molar-refractivity contribution in [1.82, 2.24) is 10.2 Å². The largest absolute Gasteiger partial charge is 0.497 e. The van der Waals surface area contributed by atoms with E-state index >= 15 is 0 Å². The lowest BCUT2D eigenvalue weighted by molar-refractivity contribution is -0.113. The molecule has 1 heterocycles. The van der Waals surface area contributed by atoms with E-state index in [4.69, 9.17) is 37.1 Å². The zero-order chi connectivity index (χ0) is 20.8. The van der Waals surface area contributed by atoms with E-state index in [2.05, 4.69) is 15.5 Å². The van der Waals surface area contributed by atoms with Crippen LogP contribution in [0.3, 0.4) is 0 Å². The van der Waals surface area contributed by atoms with Gasteiger partial charge in [-0.25, -0.2) is 0 Å². The highest BCUT2D eigenvalue weighted by atomic mass is 35.5. The highest BCUT2D eigenvalue weighted by Crippen LogP contribution is 2.31. The van der Waals surface area contributed by atoms with Crippen LogP contribution in [0.2, 0.25) is 10.0 Å². The quantitative estimate of drug-likeness (QED) is 0.465. The fourth-order valence-electron chi connectivity index (χ4n) is 2.28. The minimum atomic E-state index is -0.527. The predicted octanol–water partition coefficient (Wildman–Crippen LogP) is 5.26. The maximum absolute atomic E-state index is 12.1. The van der Waals surface area contributed by atoms with Crippen molar-refractivity contribution in [2.24, 2.45) is 0 Å². The molecule has 1 N–H and O–H groups in total. The number of nitrogens with zero attached hydrogens (tertiary/aromatic N) is 2. The highest BCUT2D eigenvalue weighted by Gasteiger charge is 2.18. The summed E-state index contributed by atoms with van der Waals surface area (Å²) in [6, 6.07) is 12.0. The molecule has 29 heavy (non-hydrogen) atoms. The van der Waals surface area contributed by atoms with Gasteiger partial charge in [0.15, 0.2) is 6.10 Å². The standard InChI is InChI=1S/C19H17Cl2N3O4S/c1-11(27-16-7-6-12(20)8-15(16)21)18-23-24-19(28-18)29-10-17(25)22-13-4-3-5-14(9-13)26-2/h3-9,11H,10H2,1-2H3,(H,22,25)/t11-/m1/s1. The molecule has 0 spiro atoms. The first-order chi connectivity index (χ1) is 13.9. The normalized spacial score (nSPS) is 11.7. The molecule has 0 fully saturated rings. The minimum absolute atomic E-state index is 0.108. The van der Waals surface area contributed by atoms with Gasteiger partial charge in [0.05, 0.1) is 17.9 Å². The molecule has 3 aromatic rings. The first kappa shape index (κ1) is 21.3. The van der Waals surface area contributed by atoms with Crippen molar-refractivity contribution in [3.05, 3.63) is 58.4 Å². The summed E-state index contributed by atoms with van der Waals surface area (Å²) in [6.07, 6.45) is -0.527. The summed E-state index contributed by atoms with van der Waals surface area (Å²) < 4.78 is 16.4. The van der Waals surface area contributed by atoms with Gasteiger partial charge < -0.3 is 19.2 Å². The van der Waals surface area contributed by atoms with Gasteiger partial charge in [0.25, 0.3) is 11.1 Å². The molecule has 0 unspecified atom stereocenters. The summed E-state index contributed by atoms with van der Waals surface area (Å²) in [7, 11) is 1.57. The van der Waals surface area contributed by atoms with Crippen molar-refractivity contribution in [3.63, 3.8) is 0 Å². The number of carbonyl (C=O) groups excluding carboxylic acids is 1. The summed E-state index contributed by atoms with van der Waals surface area (Å²) in [5, 5.41) is 11.8. The van der Waals surface area contributed by atoms with Crippen molar-refractivity contribution in [2.45, 2.75) is 18.3 Å². The van der Waals surface area contributed by atoms with Crippen LogP contribution < -0.4 is 14.8 Å². The molecule has 10 heteroatoms. The Morgan fingerprint density at radius 1 is 1.24 bits per heavy atom. The van der Waals surface area contributed by atoms with E-state index in [0.29, 0.717) is 27.2 Å². The maximum Gasteiger partial charge on any atom is 0.277 e. The molecule has 0 saturated carbocycles. The number of hydrogen-bond donors (Lipinski definition) is 1. The SMILES string of the molecule is COc1cccc(NC(=O)CSc2nnc([C@@H](C)Oc3ccc(Cl)cc3Cl)o2)c1. The first-order valence-corrected chi connectivity index (χ1v) is 10.2. The topological polar surface area (TPSA) is 86.5 Å². The number of rotatable bonds is 8. The Bertz CT molecular complexity index is 999. The average molecular weight is 454 g/mol. The van der Waals surface area contributed by atoms with Crippen LogP contribution in [-0.4, -0.2) is 29.0 Å². The van der Waals surface area contributed by atoms with Gasteiger partial charge in [0.2, 0.25) is 5.91 Å². The van der Waals surface area contributed by atoms with Crippen LogP contribution >= 0.6 is 35.0 Å². The molecule has 1 amide bonds. The lowest BCUT2D eigenvalue weighted by Crippen LogP contribution is -2.13. The molecule has 0 aliphatic carbocycles. The van der Waals surface area contributed by atoms with Gasteiger partial charge in [0.1, 0.15) is 11.5 Å². The maximum atomic E-state index is 12.1. The average Bonchev–Trinajstić information content (AvgIpc) is 3.18. The van der Waals surface area contributed by atoms with E-state index < -0.39 is 6.10 Å². The lowest BCUT2D eigenvalue weighted by atomic mass is 10.3. The lowest BCUT2D eigenvalue weighted by Gasteiger charge is -2.12. The van der Waals surface area contributed by atoms with Crippen LogP contribution in [-0.2, 0) is 4.79 Å². The second-order valence-electron chi connectivity index (χ2n) is 5.81. The Morgan fingerprint density at radius 3 is 2.83 bits per heavy atom. The van der Waals surface area contributed by atoms with Gasteiger partial charge in [-0.2, -0.15) is 0 Å². The third kappa shape index (κ3) is 6.03. The van der Waals surface area contributed by atoms with Crippen molar-refractivity contribution < 1.29 is 18.7 Å². The Labute approximate surface area is 181 Å². The fraction of sp³-hybridized carbons (Fsp3) is 0.211. The number of carbonyl (C=O) groups is 1. The second kappa shape index (κ2) is 9.87. The summed E-state index contributed by atoms with van der Waals surface area (Å²) in [5.41, 5.74) is 0.642. The van der Waals surface area contributed by atoms with Crippen LogP contribution in [0.15, 0.2) is 52.1 Å². The number of nitrogens with one attached hydrogen (secondary N) is 1. The fourth-order valence-corrected chi connectivity index (χ4v) is 3.30. The number of hydrogen-bond acceptors (Lipinski definition) is 7. The molecule has 0 aliphatic rings. The van der Waals surface area contributed by atoms with E-state index in [1.165, 1.54) is 0 Å². The Balaban J connectivity index is 1.53. The Morgan fingerprint density at radius 2 is 2.07 bits per heavy atom. The van der Waals surface area contributed by atoms with Crippen molar-refractivity contribution in [1.29, 1.82) is 0 Å². The number of ether oxygens (including phenoxy) is 2. The number of amides is 1. The van der Waals surface area contributed by atoms with Gasteiger partial charge in [0, 0.05) is 16.8 Å². The van der Waals surface area contributed by atoms with Crippen LogP contribution in [0.25, 0.3) is 0 Å². The molecular weight excluding hydrogens is 437 g/mol. The molecule has 3 rings (SSSR count). The Kier molecular flexibility index (Phi) is 7.24. The van der Waals surface area contributed by atoms with Crippen LogP contribution in [0.1, 0.15) is 18.9 Å². The zero-order valence-corrected chi connectivity index (χ0v) is 17.8. The van der Waals surface area contributed by atoms with E-state index in [9.17, 15) is 4.79 Å². The van der Waals surface area contributed by atoms with E-state index in [-0.39, 0.29) is 22.8 Å². The molecule has 152 valence electrons. The smallest absolute Gasteiger partial charge is 0.277 e. The monoisotopic (exact) mass is 453 g/mol. The van der Waals surface area contributed by atoms with Crippen LogP contribution in [0.5, 0.6) is 11.5 Å². The van der Waals surface area contributed by atoms with Crippen LogP contribution in [0, 0.1) is 0 Å². The molecule has 2 aromatic carbocycles. The van der Waals surface area contributed by atoms with Gasteiger partial charge >= 0.3 is 0 Å². The van der Waals surface area contributed by atoms with Gasteiger partial charge in [-0.05, 0) is 37.3 Å². The summed E-state index contributed by atoms with van der Waals surface area (Å²) in [4.78, 5) is 12.1. The van der Waals surface area contributed by atoms with Crippen molar-refractivity contribution in [3.8, 4) is 11.5 Å². The van der Waals surface area contributed by atoms with Crippen LogP contribution in [0.4, 0.5) is 5.69 Å². The number of anilines is 1. The summed E-state index contributed by atoms with van der Waals surface area (Å²) in [5.74, 6) is 1.28. The molecule has 7 nitrogen and oxygen atoms in total. The highest BCUT2D eigenvalue weighted by molar-refractivity contribution is 7.99. The third-order valence-electron chi connectivity index (χ3n) is 3.65. The molecule has 0 saturated heterocycles. The summed E-state index contributed by atoms with van der Waals surface area (Å²) >= 11 is 13.1. The van der Waals surface area contributed by atoms with Gasteiger partial charge in [-0.3, -0.25) is 4.79 Å². The number of thioether (sulfide) groups is 1. The zero-order valence-electron chi connectivity index (χ0n) is 15.5. The second-order valence-corrected chi connectivity index (χ2v) is 7.58. The van der Waals surface area contributed by atoms with E-state index in [1.54, 1.807) is 56.5 Å². The number of aromatic nitrogens is 2. The number of methoxy groups -OCH3 is 1. The first-order valence-electron chi connectivity index (χ1n) is 8.46. The number of halogens is 2. The third-order valence-corrected chi connectivity index (χ3v) is 5.00. The van der Waals surface area contributed by atoms with Gasteiger partial charge in [-0.15, -0.1) is 10.2 Å². The number of benzene rings is 2. The van der Waals surface area contributed by atoms with Crippen molar-refractivity contribution in [2.75, 3.05) is 18.2 Å². The molecule has 0 bridgehead atoms. The molecule has 0 radical (unpaired) electrons. The molecular formula is C19H17Cl2N3O4S. The molecule has 0 aliphatic heterocycles. The predicted molar refractivity (Wildman–Crippen MR) is 112 cm³/mol. The summed E-state index contributed by atoms with van der Waals surface area (Å²) in [6.45, 7) is 1.75. The van der Waals surface area contributed by atoms with E-state index in [0.717, 1.165) is 11.8 Å². The van der Waals surface area contributed by atoms with Gasteiger partial charge in [-0.1, -0.05) is 41.0 Å². The van der Waals surface area contributed by atoms with Crippen molar-refractivity contribution >= 4 is 46.6 Å².